The number of benzene rings is 2. The summed E-state index contributed by atoms with van der Waals surface area (Å²) < 4.78 is 22.6. The molecule has 1 aromatic heterocycles. The third-order valence-electron chi connectivity index (χ3n) is 8.21. The van der Waals surface area contributed by atoms with Crippen LogP contribution in [0.15, 0.2) is 48.5 Å². The van der Waals surface area contributed by atoms with Gasteiger partial charge in [0.1, 0.15) is 17.3 Å². The van der Waals surface area contributed by atoms with E-state index < -0.39 is 23.4 Å². The smallest absolute Gasteiger partial charge is 0.313 e. The Bertz CT molecular complexity index is 1440. The number of aliphatic hydroxyl groups is 2. The quantitative estimate of drug-likeness (QED) is 0.298. The molecule has 8 nitrogen and oxygen atoms in total. The summed E-state index contributed by atoms with van der Waals surface area (Å²) >= 11 is 0. The van der Waals surface area contributed by atoms with Crippen molar-refractivity contribution in [3.05, 3.63) is 82.2 Å². The van der Waals surface area contributed by atoms with Crippen molar-refractivity contribution in [1.29, 1.82) is 0 Å². The van der Waals surface area contributed by atoms with Gasteiger partial charge in [0, 0.05) is 18.2 Å². The zero-order valence-electron chi connectivity index (χ0n) is 25.1. The molecule has 4 atom stereocenters. The minimum Gasteiger partial charge on any atom is -0.497 e. The van der Waals surface area contributed by atoms with Gasteiger partial charge in [-0.3, -0.25) is 9.78 Å². The molecular formula is C34H41NO7. The van der Waals surface area contributed by atoms with Gasteiger partial charge in [-0.15, -0.1) is 0 Å². The van der Waals surface area contributed by atoms with Crippen molar-refractivity contribution >= 4 is 5.97 Å². The number of unbranched alkanes of at least 4 members (excludes halogenated alkanes) is 1. The molecule has 2 aromatic carbocycles. The molecular weight excluding hydrogens is 534 g/mol. The van der Waals surface area contributed by atoms with Crippen molar-refractivity contribution < 1.29 is 34.0 Å². The Morgan fingerprint density at radius 2 is 1.88 bits per heavy atom. The first-order valence-electron chi connectivity index (χ1n) is 14.8. The number of carbonyl (C=O) groups is 1. The number of aromatic nitrogens is 1. The number of aryl methyl sites for hydroxylation is 1. The third-order valence-corrected chi connectivity index (χ3v) is 8.21. The number of methoxy groups -OCH3 is 1. The molecule has 0 saturated heterocycles. The first-order valence-corrected chi connectivity index (χ1v) is 14.8. The monoisotopic (exact) mass is 575 g/mol. The fourth-order valence-corrected chi connectivity index (χ4v) is 6.20. The molecule has 0 fully saturated rings. The Balaban J connectivity index is 1.78. The van der Waals surface area contributed by atoms with Crippen molar-refractivity contribution in [1.82, 2.24) is 4.98 Å². The molecule has 1 aliphatic heterocycles. The fourth-order valence-electron chi connectivity index (χ4n) is 6.20. The lowest BCUT2D eigenvalue weighted by Gasteiger charge is -2.34. The highest BCUT2D eigenvalue weighted by Crippen LogP contribution is 2.56. The third kappa shape index (κ3) is 5.45. The van der Waals surface area contributed by atoms with Gasteiger partial charge < -0.3 is 29.2 Å². The molecule has 3 aromatic rings. The normalized spacial score (nSPS) is 21.3. The van der Waals surface area contributed by atoms with Gasteiger partial charge >= 0.3 is 5.97 Å². The summed E-state index contributed by atoms with van der Waals surface area (Å²) in [6.45, 7) is 7.78. The maximum Gasteiger partial charge on any atom is 0.313 e. The number of rotatable bonds is 11. The highest BCUT2D eigenvalue weighted by atomic mass is 16.7. The fraction of sp³-hybridized carbons (Fsp3) is 0.471. The Hall–Kier alpha value is -3.62. The Labute approximate surface area is 247 Å². The lowest BCUT2D eigenvalue weighted by molar-refractivity contribution is -0.160. The molecule has 1 unspecified atom stereocenters. The van der Waals surface area contributed by atoms with Gasteiger partial charge in [0.2, 0.25) is 6.79 Å². The van der Waals surface area contributed by atoms with E-state index in [1.165, 1.54) is 0 Å². The Morgan fingerprint density at radius 1 is 1.10 bits per heavy atom. The largest absolute Gasteiger partial charge is 0.497 e. The van der Waals surface area contributed by atoms with Crippen LogP contribution < -0.4 is 14.2 Å². The first-order chi connectivity index (χ1) is 20.2. The molecule has 224 valence electrons. The highest BCUT2D eigenvalue weighted by molar-refractivity contribution is 5.80. The Morgan fingerprint density at radius 3 is 2.60 bits per heavy atom. The van der Waals surface area contributed by atoms with Gasteiger partial charge in [0.15, 0.2) is 11.5 Å². The average molecular weight is 576 g/mol. The van der Waals surface area contributed by atoms with Crippen LogP contribution in [0.4, 0.5) is 0 Å². The highest BCUT2D eigenvalue weighted by Gasteiger charge is 2.59. The molecule has 42 heavy (non-hydrogen) atoms. The number of hydrogen-bond acceptors (Lipinski definition) is 8. The number of esters is 1. The van der Waals surface area contributed by atoms with E-state index in [0.29, 0.717) is 34.9 Å². The topological polar surface area (TPSA) is 107 Å². The minimum atomic E-state index is -1.82. The predicted octanol–water partition coefficient (Wildman–Crippen LogP) is 5.28. The van der Waals surface area contributed by atoms with Crippen molar-refractivity contribution in [3.63, 3.8) is 0 Å². The number of ether oxygens (including phenoxy) is 4. The van der Waals surface area contributed by atoms with Crippen LogP contribution in [0.25, 0.3) is 0 Å². The summed E-state index contributed by atoms with van der Waals surface area (Å²) in [6.07, 6.45) is 2.80. The number of aliphatic hydroxyl groups excluding tert-OH is 1. The van der Waals surface area contributed by atoms with E-state index in [1.807, 2.05) is 49.4 Å². The van der Waals surface area contributed by atoms with Crippen molar-refractivity contribution in [2.45, 2.75) is 71.0 Å². The van der Waals surface area contributed by atoms with E-state index in [2.05, 4.69) is 6.92 Å². The van der Waals surface area contributed by atoms with Crippen molar-refractivity contribution in [2.75, 3.05) is 20.5 Å². The average Bonchev–Trinajstić information content (AvgIpc) is 3.55. The van der Waals surface area contributed by atoms with Crippen LogP contribution in [-0.2, 0) is 28.0 Å². The lowest BCUT2D eigenvalue weighted by Crippen LogP contribution is -2.42. The minimum absolute atomic E-state index is 0.0241. The summed E-state index contributed by atoms with van der Waals surface area (Å²) in [5, 5.41) is 23.1. The van der Waals surface area contributed by atoms with E-state index in [9.17, 15) is 15.0 Å². The van der Waals surface area contributed by atoms with Crippen LogP contribution >= 0.6 is 0 Å². The molecule has 0 spiro atoms. The summed E-state index contributed by atoms with van der Waals surface area (Å²) in [4.78, 5) is 19.2. The molecule has 0 bridgehead atoms. The standard InChI is InChI=1S/C34H41NO7/c1-6-7-8-24-10-12-26-30(22-9-14-28-29(17-22)41-19-40-28)31(33(37)42-20(2)3)34(38,32(26)35-24)27-13-11-25(39-5)16-23(27)15-21(4)18-36/h9-14,16-17,20-21,30-31,36,38H,6-8,15,18-19H2,1-5H3/t21-,30-,31-,34?/m0/s1. The van der Waals surface area contributed by atoms with Gasteiger partial charge in [0.05, 0.1) is 18.9 Å². The second-order valence-electron chi connectivity index (χ2n) is 11.7. The van der Waals surface area contributed by atoms with Crippen LogP contribution in [0.1, 0.15) is 80.1 Å². The lowest BCUT2D eigenvalue weighted by atomic mass is 9.74. The molecule has 0 amide bonds. The zero-order valence-corrected chi connectivity index (χ0v) is 25.1. The molecule has 1 aliphatic carbocycles. The first kappa shape index (κ1) is 29.9. The zero-order chi connectivity index (χ0) is 30.0. The summed E-state index contributed by atoms with van der Waals surface area (Å²) in [6, 6.07) is 15.1. The van der Waals surface area contributed by atoms with Crippen molar-refractivity contribution in [3.8, 4) is 17.2 Å². The number of carbonyl (C=O) groups excluding carboxylic acids is 1. The van der Waals surface area contributed by atoms with Crippen LogP contribution in [0, 0.1) is 11.8 Å². The molecule has 2 heterocycles. The van der Waals surface area contributed by atoms with Crippen LogP contribution in [0.3, 0.4) is 0 Å². The van der Waals surface area contributed by atoms with Gasteiger partial charge in [-0.25, -0.2) is 0 Å². The van der Waals surface area contributed by atoms with Gasteiger partial charge in [-0.05, 0) is 91.6 Å². The van der Waals surface area contributed by atoms with E-state index >= 15 is 0 Å². The molecule has 0 radical (unpaired) electrons. The van der Waals surface area contributed by atoms with Crippen LogP contribution in [0.5, 0.6) is 17.2 Å². The number of nitrogens with zero attached hydrogens (tertiary/aromatic N) is 1. The molecule has 5 rings (SSSR count). The Kier molecular flexibility index (Phi) is 8.76. The molecule has 0 saturated carbocycles. The predicted molar refractivity (Wildman–Crippen MR) is 158 cm³/mol. The van der Waals surface area contributed by atoms with Gasteiger partial charge in [0.25, 0.3) is 0 Å². The molecule has 8 heteroatoms. The molecule has 2 aliphatic rings. The van der Waals surface area contributed by atoms with E-state index in [1.54, 1.807) is 27.0 Å². The maximum atomic E-state index is 14.2. The number of fused-ring (bicyclic) bond motifs is 2. The van der Waals surface area contributed by atoms with E-state index in [-0.39, 0.29) is 25.4 Å². The van der Waals surface area contributed by atoms with E-state index in [0.717, 1.165) is 41.6 Å². The maximum absolute atomic E-state index is 14.2. The SMILES string of the molecule is CCCCc1ccc2c(n1)C(O)(c1ccc(OC)cc1C[C@H](C)CO)[C@H](C(=O)OC(C)C)[C@H]2c1ccc2c(c1)OCO2. The second-order valence-corrected chi connectivity index (χ2v) is 11.7. The summed E-state index contributed by atoms with van der Waals surface area (Å²) in [5.74, 6) is -0.356. The second kappa shape index (κ2) is 12.3. The summed E-state index contributed by atoms with van der Waals surface area (Å²) in [7, 11) is 1.59. The molecule has 2 N–H and O–H groups in total. The van der Waals surface area contributed by atoms with Crippen LogP contribution in [-0.4, -0.2) is 47.8 Å². The van der Waals surface area contributed by atoms with Gasteiger partial charge in [-0.2, -0.15) is 0 Å². The van der Waals surface area contributed by atoms with Crippen LogP contribution in [0.2, 0.25) is 0 Å². The van der Waals surface area contributed by atoms with Gasteiger partial charge in [-0.1, -0.05) is 38.5 Å². The van der Waals surface area contributed by atoms with E-state index in [4.69, 9.17) is 23.9 Å². The van der Waals surface area contributed by atoms with Crippen molar-refractivity contribution in [2.24, 2.45) is 11.8 Å². The summed E-state index contributed by atoms with van der Waals surface area (Å²) in [5.41, 5.74) is 2.38. The number of pyridine rings is 1. The number of hydrogen-bond donors (Lipinski definition) is 2.